The van der Waals surface area contributed by atoms with Crippen LogP contribution in [0.5, 0.6) is 0 Å². The van der Waals surface area contributed by atoms with E-state index >= 15 is 0 Å². The van der Waals surface area contributed by atoms with E-state index in [9.17, 15) is 5.11 Å². The Morgan fingerprint density at radius 2 is 2.19 bits per heavy atom. The summed E-state index contributed by atoms with van der Waals surface area (Å²) in [5.74, 6) is 0. The third kappa shape index (κ3) is 2.98. The van der Waals surface area contributed by atoms with E-state index in [1.165, 1.54) is 5.52 Å². The first kappa shape index (κ1) is 14.6. The van der Waals surface area contributed by atoms with Gasteiger partial charge in [-0.15, -0.1) is 0 Å². The number of morpholine rings is 1. The molecule has 0 amide bonds. The number of aliphatic hydroxyl groups is 1. The number of fused-ring (bicyclic) bond motifs is 1. The molecule has 1 fully saturated rings. The molecule has 1 saturated heterocycles. The molecule has 114 valence electrons. The zero-order chi connectivity index (χ0) is 14.8. The van der Waals surface area contributed by atoms with Crippen molar-refractivity contribution in [2.45, 2.75) is 39.1 Å². The van der Waals surface area contributed by atoms with E-state index in [0.717, 1.165) is 37.2 Å². The van der Waals surface area contributed by atoms with Gasteiger partial charge < -0.3 is 14.4 Å². The fourth-order valence-corrected chi connectivity index (χ4v) is 3.13. The van der Waals surface area contributed by atoms with Crippen LogP contribution in [0.2, 0.25) is 0 Å². The van der Waals surface area contributed by atoms with Crippen LogP contribution in [0.3, 0.4) is 0 Å². The van der Waals surface area contributed by atoms with Crippen molar-refractivity contribution in [3.8, 4) is 0 Å². The van der Waals surface area contributed by atoms with E-state index in [2.05, 4.69) is 41.6 Å². The lowest BCUT2D eigenvalue weighted by atomic mass is 10.1. The number of aromatic nitrogens is 1. The van der Waals surface area contributed by atoms with Crippen molar-refractivity contribution >= 4 is 10.9 Å². The molecular weight excluding hydrogens is 264 g/mol. The van der Waals surface area contributed by atoms with Crippen molar-refractivity contribution in [1.82, 2.24) is 9.47 Å². The SMILES string of the molecule is CC(C)N1CCOC(Cn2ccc3c(CO)cccc32)C1. The molecule has 21 heavy (non-hydrogen) atoms. The minimum atomic E-state index is 0.0857. The molecule has 0 spiro atoms. The molecule has 2 aromatic rings. The number of aliphatic hydroxyl groups excluding tert-OH is 1. The molecule has 1 aromatic heterocycles. The molecule has 0 saturated carbocycles. The van der Waals surface area contributed by atoms with Crippen LogP contribution in [0.1, 0.15) is 19.4 Å². The van der Waals surface area contributed by atoms with Crippen LogP contribution >= 0.6 is 0 Å². The van der Waals surface area contributed by atoms with E-state index in [1.54, 1.807) is 0 Å². The maximum atomic E-state index is 9.42. The van der Waals surface area contributed by atoms with Gasteiger partial charge in [0.25, 0.3) is 0 Å². The van der Waals surface area contributed by atoms with Gasteiger partial charge >= 0.3 is 0 Å². The molecule has 0 bridgehead atoms. The molecular formula is C17H24N2O2. The highest BCUT2D eigenvalue weighted by molar-refractivity contribution is 5.83. The number of nitrogens with zero attached hydrogens (tertiary/aromatic N) is 2. The number of ether oxygens (including phenoxy) is 1. The lowest BCUT2D eigenvalue weighted by Crippen LogP contribution is -2.47. The largest absolute Gasteiger partial charge is 0.392 e. The van der Waals surface area contributed by atoms with E-state index in [-0.39, 0.29) is 12.7 Å². The first-order valence-corrected chi connectivity index (χ1v) is 7.72. The van der Waals surface area contributed by atoms with Crippen molar-refractivity contribution < 1.29 is 9.84 Å². The van der Waals surface area contributed by atoms with E-state index in [1.807, 2.05) is 12.1 Å². The summed E-state index contributed by atoms with van der Waals surface area (Å²) in [4.78, 5) is 2.47. The number of hydrogen-bond acceptors (Lipinski definition) is 3. The van der Waals surface area contributed by atoms with Gasteiger partial charge in [-0.05, 0) is 31.5 Å². The lowest BCUT2D eigenvalue weighted by Gasteiger charge is -2.35. The summed E-state index contributed by atoms with van der Waals surface area (Å²) >= 11 is 0. The van der Waals surface area contributed by atoms with Gasteiger partial charge in [-0.3, -0.25) is 4.90 Å². The van der Waals surface area contributed by atoms with Crippen LogP contribution in [0.4, 0.5) is 0 Å². The standard InChI is InChI=1S/C17H24N2O2/c1-13(2)18-8-9-21-15(10-18)11-19-7-6-16-14(12-20)4-3-5-17(16)19/h3-7,13,15,20H,8-12H2,1-2H3. The van der Waals surface area contributed by atoms with Gasteiger partial charge in [0.1, 0.15) is 0 Å². The van der Waals surface area contributed by atoms with Gasteiger partial charge in [0.15, 0.2) is 0 Å². The Labute approximate surface area is 125 Å². The molecule has 1 unspecified atom stereocenters. The molecule has 2 heterocycles. The van der Waals surface area contributed by atoms with Crippen LogP contribution in [-0.2, 0) is 17.9 Å². The fourth-order valence-electron chi connectivity index (χ4n) is 3.13. The topological polar surface area (TPSA) is 37.6 Å². The molecule has 1 atom stereocenters. The Morgan fingerprint density at radius 3 is 2.95 bits per heavy atom. The van der Waals surface area contributed by atoms with Crippen molar-refractivity contribution in [2.24, 2.45) is 0 Å². The average molecular weight is 288 g/mol. The van der Waals surface area contributed by atoms with Gasteiger partial charge in [0.2, 0.25) is 0 Å². The summed E-state index contributed by atoms with van der Waals surface area (Å²) in [5, 5.41) is 10.6. The quantitative estimate of drug-likeness (QED) is 0.937. The van der Waals surface area contributed by atoms with Crippen LogP contribution in [-0.4, -0.2) is 46.4 Å². The molecule has 1 N–H and O–H groups in total. The van der Waals surface area contributed by atoms with Crippen LogP contribution in [0, 0.1) is 0 Å². The second-order valence-corrected chi connectivity index (χ2v) is 6.06. The summed E-state index contributed by atoms with van der Waals surface area (Å²) in [5.41, 5.74) is 2.16. The van der Waals surface area contributed by atoms with E-state index in [4.69, 9.17) is 4.74 Å². The minimum absolute atomic E-state index is 0.0857. The lowest BCUT2D eigenvalue weighted by molar-refractivity contribution is -0.0451. The summed E-state index contributed by atoms with van der Waals surface area (Å²) in [7, 11) is 0. The van der Waals surface area contributed by atoms with E-state index < -0.39 is 0 Å². The van der Waals surface area contributed by atoms with Crippen molar-refractivity contribution in [2.75, 3.05) is 19.7 Å². The molecule has 0 aliphatic carbocycles. The summed E-state index contributed by atoms with van der Waals surface area (Å²) in [6, 6.07) is 8.75. The zero-order valence-electron chi connectivity index (χ0n) is 12.8. The second kappa shape index (κ2) is 6.18. The van der Waals surface area contributed by atoms with Crippen LogP contribution < -0.4 is 0 Å². The zero-order valence-corrected chi connectivity index (χ0v) is 12.8. The second-order valence-electron chi connectivity index (χ2n) is 6.06. The molecule has 1 aliphatic heterocycles. The molecule has 4 heteroatoms. The van der Waals surface area contributed by atoms with Gasteiger partial charge in [-0.25, -0.2) is 0 Å². The van der Waals surface area contributed by atoms with Crippen LogP contribution in [0.25, 0.3) is 10.9 Å². The molecule has 1 aliphatic rings. The maximum Gasteiger partial charge on any atom is 0.0881 e. The summed E-state index contributed by atoms with van der Waals surface area (Å²) < 4.78 is 8.16. The highest BCUT2D eigenvalue weighted by Crippen LogP contribution is 2.21. The number of benzene rings is 1. The first-order chi connectivity index (χ1) is 10.2. The van der Waals surface area contributed by atoms with Crippen LogP contribution in [0.15, 0.2) is 30.5 Å². The van der Waals surface area contributed by atoms with Crippen molar-refractivity contribution in [3.05, 3.63) is 36.0 Å². The molecule has 1 aromatic carbocycles. The van der Waals surface area contributed by atoms with Gasteiger partial charge in [-0.2, -0.15) is 0 Å². The number of rotatable bonds is 4. The Bertz CT molecular complexity index is 606. The maximum absolute atomic E-state index is 9.42. The predicted molar refractivity (Wildman–Crippen MR) is 84.3 cm³/mol. The third-order valence-electron chi connectivity index (χ3n) is 4.38. The average Bonchev–Trinajstić information content (AvgIpc) is 2.90. The Morgan fingerprint density at radius 1 is 1.33 bits per heavy atom. The highest BCUT2D eigenvalue weighted by Gasteiger charge is 2.22. The third-order valence-corrected chi connectivity index (χ3v) is 4.38. The fraction of sp³-hybridized carbons (Fsp3) is 0.529. The Balaban J connectivity index is 1.79. The normalized spacial score (nSPS) is 20.5. The van der Waals surface area contributed by atoms with Crippen molar-refractivity contribution in [3.63, 3.8) is 0 Å². The predicted octanol–water partition coefficient (Wildman–Crippen LogP) is 2.24. The Hall–Kier alpha value is -1.36. The monoisotopic (exact) mass is 288 g/mol. The molecule has 4 nitrogen and oxygen atoms in total. The molecule has 3 rings (SSSR count). The van der Waals surface area contributed by atoms with E-state index in [0.29, 0.717) is 6.04 Å². The smallest absolute Gasteiger partial charge is 0.0881 e. The summed E-state index contributed by atoms with van der Waals surface area (Å²) in [6.45, 7) is 8.24. The number of hydrogen-bond donors (Lipinski definition) is 1. The first-order valence-electron chi connectivity index (χ1n) is 7.72. The van der Waals surface area contributed by atoms with Crippen molar-refractivity contribution in [1.29, 1.82) is 0 Å². The van der Waals surface area contributed by atoms with Gasteiger partial charge in [-0.1, -0.05) is 12.1 Å². The van der Waals surface area contributed by atoms with Gasteiger partial charge in [0, 0.05) is 36.2 Å². The molecule has 0 radical (unpaired) electrons. The Kier molecular flexibility index (Phi) is 4.29. The minimum Gasteiger partial charge on any atom is -0.392 e. The van der Waals surface area contributed by atoms with Gasteiger partial charge in [0.05, 0.1) is 25.9 Å². The highest BCUT2D eigenvalue weighted by atomic mass is 16.5. The summed E-state index contributed by atoms with van der Waals surface area (Å²) in [6.07, 6.45) is 2.33.